The van der Waals surface area contributed by atoms with Crippen LogP contribution in [0, 0.1) is 0 Å². The minimum absolute atomic E-state index is 0.0295. The van der Waals surface area contributed by atoms with E-state index >= 15 is 0 Å². The molecule has 0 unspecified atom stereocenters. The number of hydrogen-bond acceptors (Lipinski definition) is 1. The van der Waals surface area contributed by atoms with Gasteiger partial charge >= 0.3 is 0 Å². The Balaban J connectivity index is 1.98. The van der Waals surface area contributed by atoms with Gasteiger partial charge in [-0.2, -0.15) is 0 Å². The van der Waals surface area contributed by atoms with E-state index in [2.05, 4.69) is 36.2 Å². The summed E-state index contributed by atoms with van der Waals surface area (Å²) in [6.45, 7) is 2.20. The van der Waals surface area contributed by atoms with Gasteiger partial charge in [0, 0.05) is 11.1 Å². The van der Waals surface area contributed by atoms with E-state index in [1.807, 2.05) is 30.3 Å². The average Bonchev–Trinajstić information content (AvgIpc) is 2.53. The van der Waals surface area contributed by atoms with Crippen molar-refractivity contribution < 1.29 is 0 Å². The Morgan fingerprint density at radius 2 is 1.76 bits per heavy atom. The van der Waals surface area contributed by atoms with Crippen LogP contribution in [0.15, 0.2) is 59.4 Å². The highest BCUT2D eigenvalue weighted by Gasteiger charge is 2.03. The molecule has 0 saturated heterocycles. The second-order valence-electron chi connectivity index (χ2n) is 5.40. The SMILES string of the molecule is CCCCc1ccc(-c2cc3ccccc3c(=O)[nH]2)cc1. The molecule has 106 valence electrons. The molecule has 2 heteroatoms. The van der Waals surface area contributed by atoms with Gasteiger partial charge in [0.25, 0.3) is 5.56 Å². The number of benzene rings is 2. The zero-order chi connectivity index (χ0) is 14.7. The van der Waals surface area contributed by atoms with E-state index in [1.54, 1.807) is 0 Å². The summed E-state index contributed by atoms with van der Waals surface area (Å²) in [5, 5.41) is 1.71. The standard InChI is InChI=1S/C19H19NO/c1-2-3-6-14-9-11-15(12-10-14)18-13-16-7-4-5-8-17(16)19(21)20-18/h4-5,7-13H,2-3,6H2,1H3,(H,20,21). The van der Waals surface area contributed by atoms with E-state index in [4.69, 9.17) is 0 Å². The van der Waals surface area contributed by atoms with Crippen LogP contribution in [-0.4, -0.2) is 4.98 Å². The minimum Gasteiger partial charge on any atom is -0.321 e. The molecule has 0 bridgehead atoms. The summed E-state index contributed by atoms with van der Waals surface area (Å²) in [5.74, 6) is 0. The normalized spacial score (nSPS) is 10.9. The van der Waals surface area contributed by atoms with Crippen LogP contribution in [0.1, 0.15) is 25.3 Å². The van der Waals surface area contributed by atoms with Crippen LogP contribution in [0.3, 0.4) is 0 Å². The number of pyridine rings is 1. The van der Waals surface area contributed by atoms with Crippen molar-refractivity contribution in [1.82, 2.24) is 4.98 Å². The maximum Gasteiger partial charge on any atom is 0.256 e. The number of aromatic amines is 1. The number of unbranched alkanes of at least 4 members (excludes halogenated alkanes) is 1. The van der Waals surface area contributed by atoms with Crippen molar-refractivity contribution in [2.75, 3.05) is 0 Å². The lowest BCUT2D eigenvalue weighted by molar-refractivity contribution is 0.795. The molecule has 0 aliphatic rings. The predicted molar refractivity (Wildman–Crippen MR) is 88.6 cm³/mol. The molecule has 0 saturated carbocycles. The van der Waals surface area contributed by atoms with Gasteiger partial charge in [0.05, 0.1) is 0 Å². The molecule has 1 aromatic heterocycles. The average molecular weight is 277 g/mol. The molecule has 0 radical (unpaired) electrons. The van der Waals surface area contributed by atoms with Crippen LogP contribution in [-0.2, 0) is 6.42 Å². The monoisotopic (exact) mass is 277 g/mol. The smallest absolute Gasteiger partial charge is 0.256 e. The van der Waals surface area contributed by atoms with Gasteiger partial charge in [0.15, 0.2) is 0 Å². The van der Waals surface area contributed by atoms with Gasteiger partial charge in [-0.3, -0.25) is 4.79 Å². The molecule has 0 fully saturated rings. The van der Waals surface area contributed by atoms with E-state index in [9.17, 15) is 4.79 Å². The first-order valence-corrected chi connectivity index (χ1v) is 7.49. The van der Waals surface area contributed by atoms with Crippen molar-refractivity contribution in [3.8, 4) is 11.3 Å². The zero-order valence-electron chi connectivity index (χ0n) is 12.2. The second-order valence-corrected chi connectivity index (χ2v) is 5.40. The van der Waals surface area contributed by atoms with Gasteiger partial charge in [-0.25, -0.2) is 0 Å². The summed E-state index contributed by atoms with van der Waals surface area (Å²) in [7, 11) is 0. The molecule has 3 aromatic rings. The predicted octanol–water partition coefficient (Wildman–Crippen LogP) is 4.54. The number of fused-ring (bicyclic) bond motifs is 1. The van der Waals surface area contributed by atoms with Gasteiger partial charge < -0.3 is 4.98 Å². The van der Waals surface area contributed by atoms with Crippen LogP contribution in [0.5, 0.6) is 0 Å². The number of H-pyrrole nitrogens is 1. The molecule has 1 N–H and O–H groups in total. The van der Waals surface area contributed by atoms with Crippen molar-refractivity contribution in [3.63, 3.8) is 0 Å². The quantitative estimate of drug-likeness (QED) is 0.746. The fraction of sp³-hybridized carbons (Fsp3) is 0.211. The third-order valence-electron chi connectivity index (χ3n) is 3.84. The van der Waals surface area contributed by atoms with Crippen LogP contribution in [0.4, 0.5) is 0 Å². The summed E-state index contributed by atoms with van der Waals surface area (Å²) in [6.07, 6.45) is 3.54. The third kappa shape index (κ3) is 2.89. The zero-order valence-corrected chi connectivity index (χ0v) is 12.2. The Kier molecular flexibility index (Phi) is 3.87. The van der Waals surface area contributed by atoms with Crippen molar-refractivity contribution >= 4 is 10.8 Å². The first-order valence-electron chi connectivity index (χ1n) is 7.49. The second kappa shape index (κ2) is 5.96. The van der Waals surface area contributed by atoms with Gasteiger partial charge in [-0.15, -0.1) is 0 Å². The summed E-state index contributed by atoms with van der Waals surface area (Å²) in [6, 6.07) is 18.2. The molecule has 21 heavy (non-hydrogen) atoms. The molecule has 0 spiro atoms. The number of rotatable bonds is 4. The highest BCUT2D eigenvalue weighted by atomic mass is 16.1. The maximum absolute atomic E-state index is 12.1. The van der Waals surface area contributed by atoms with E-state index in [-0.39, 0.29) is 5.56 Å². The van der Waals surface area contributed by atoms with Crippen molar-refractivity contribution in [3.05, 3.63) is 70.5 Å². The summed E-state index contributed by atoms with van der Waals surface area (Å²) >= 11 is 0. The van der Waals surface area contributed by atoms with Crippen molar-refractivity contribution in [1.29, 1.82) is 0 Å². The molecule has 3 rings (SSSR count). The van der Waals surface area contributed by atoms with Crippen LogP contribution < -0.4 is 5.56 Å². The van der Waals surface area contributed by atoms with Crippen molar-refractivity contribution in [2.24, 2.45) is 0 Å². The molecular weight excluding hydrogens is 258 g/mol. The minimum atomic E-state index is -0.0295. The van der Waals surface area contributed by atoms with Crippen LogP contribution in [0.2, 0.25) is 0 Å². The number of hydrogen-bond donors (Lipinski definition) is 1. The summed E-state index contributed by atoms with van der Waals surface area (Å²) < 4.78 is 0. The Morgan fingerprint density at radius 3 is 2.52 bits per heavy atom. The Hall–Kier alpha value is -2.35. The van der Waals surface area contributed by atoms with E-state index in [1.165, 1.54) is 18.4 Å². The number of aromatic nitrogens is 1. The molecule has 0 amide bonds. The molecule has 0 atom stereocenters. The Bertz CT molecular complexity index is 800. The molecule has 2 nitrogen and oxygen atoms in total. The molecule has 2 aromatic carbocycles. The number of aryl methyl sites for hydroxylation is 1. The fourth-order valence-corrected chi connectivity index (χ4v) is 2.60. The lowest BCUT2D eigenvalue weighted by atomic mass is 10.0. The molecule has 1 heterocycles. The van der Waals surface area contributed by atoms with E-state index in [0.717, 1.165) is 28.5 Å². The Labute approximate surface area is 124 Å². The first-order chi connectivity index (χ1) is 10.3. The van der Waals surface area contributed by atoms with E-state index < -0.39 is 0 Å². The van der Waals surface area contributed by atoms with Gasteiger partial charge in [-0.1, -0.05) is 55.8 Å². The lowest BCUT2D eigenvalue weighted by Crippen LogP contribution is -2.06. The number of nitrogens with one attached hydrogen (secondary N) is 1. The lowest BCUT2D eigenvalue weighted by Gasteiger charge is -2.06. The van der Waals surface area contributed by atoms with Gasteiger partial charge in [-0.05, 0) is 41.5 Å². The molecule has 0 aliphatic carbocycles. The first kappa shape index (κ1) is 13.6. The highest BCUT2D eigenvalue weighted by molar-refractivity contribution is 5.84. The van der Waals surface area contributed by atoms with Gasteiger partial charge in [0.2, 0.25) is 0 Å². The van der Waals surface area contributed by atoms with Crippen LogP contribution in [0.25, 0.3) is 22.0 Å². The summed E-state index contributed by atoms with van der Waals surface area (Å²) in [4.78, 5) is 15.1. The summed E-state index contributed by atoms with van der Waals surface area (Å²) in [5.41, 5.74) is 3.25. The van der Waals surface area contributed by atoms with E-state index in [0.29, 0.717) is 0 Å². The molecular formula is C19H19NO. The molecule has 0 aliphatic heterocycles. The van der Waals surface area contributed by atoms with Gasteiger partial charge in [0.1, 0.15) is 0 Å². The Morgan fingerprint density at radius 1 is 1.00 bits per heavy atom. The largest absolute Gasteiger partial charge is 0.321 e. The third-order valence-corrected chi connectivity index (χ3v) is 3.84. The van der Waals surface area contributed by atoms with Crippen molar-refractivity contribution in [2.45, 2.75) is 26.2 Å². The van der Waals surface area contributed by atoms with Crippen LogP contribution >= 0.6 is 0 Å². The maximum atomic E-state index is 12.1. The fourth-order valence-electron chi connectivity index (χ4n) is 2.60. The topological polar surface area (TPSA) is 32.9 Å². The highest BCUT2D eigenvalue weighted by Crippen LogP contribution is 2.20.